The Bertz CT molecular complexity index is 1600. The molecule has 0 aliphatic heterocycles. The lowest BCUT2D eigenvalue weighted by Gasteiger charge is -2.18. The molecular formula is C33H32NO+. The van der Waals surface area contributed by atoms with E-state index in [0.717, 1.165) is 17.1 Å². The average molecular weight is 459 g/mol. The number of furan rings is 1. The Balaban J connectivity index is 1.47. The van der Waals surface area contributed by atoms with Crippen LogP contribution in [0.5, 0.6) is 0 Å². The zero-order valence-electron chi connectivity index (χ0n) is 20.7. The van der Waals surface area contributed by atoms with Crippen LogP contribution < -0.4 is 4.57 Å². The van der Waals surface area contributed by atoms with Crippen LogP contribution in [-0.4, -0.2) is 0 Å². The fraction of sp³-hybridized carbons (Fsp3) is 0.303. The summed E-state index contributed by atoms with van der Waals surface area (Å²) in [6.45, 7) is 2.19. The van der Waals surface area contributed by atoms with Crippen LogP contribution in [0.1, 0.15) is 60.3 Å². The Hall–Kier alpha value is -3.39. The first kappa shape index (κ1) is 20.9. The second-order valence-corrected chi connectivity index (χ2v) is 10.6. The maximum absolute atomic E-state index is 6.84. The lowest BCUT2D eigenvalue weighted by molar-refractivity contribution is -0.660. The summed E-state index contributed by atoms with van der Waals surface area (Å²) < 4.78 is 9.02. The second kappa shape index (κ2) is 8.09. The van der Waals surface area contributed by atoms with Crippen molar-refractivity contribution in [2.75, 3.05) is 0 Å². The quantitative estimate of drug-likeness (QED) is 0.249. The number of nitrogens with zero attached hydrogens (tertiary/aromatic N) is 1. The predicted molar refractivity (Wildman–Crippen MR) is 144 cm³/mol. The van der Waals surface area contributed by atoms with Crippen LogP contribution in [0.2, 0.25) is 0 Å². The number of aryl methyl sites for hydroxylation is 2. The fourth-order valence-electron chi connectivity index (χ4n) is 6.88. The van der Waals surface area contributed by atoms with E-state index in [1.54, 1.807) is 16.7 Å². The highest BCUT2D eigenvalue weighted by Crippen LogP contribution is 2.45. The van der Waals surface area contributed by atoms with Gasteiger partial charge in [-0.25, -0.2) is 4.57 Å². The van der Waals surface area contributed by atoms with Crippen LogP contribution in [0.3, 0.4) is 0 Å². The van der Waals surface area contributed by atoms with E-state index in [0.29, 0.717) is 0 Å². The van der Waals surface area contributed by atoms with Crippen molar-refractivity contribution >= 4 is 21.9 Å². The molecule has 2 aliphatic carbocycles. The van der Waals surface area contributed by atoms with Gasteiger partial charge < -0.3 is 4.42 Å². The molecule has 0 atom stereocenters. The first-order valence-electron chi connectivity index (χ1n) is 13.3. The van der Waals surface area contributed by atoms with Crippen LogP contribution in [0.4, 0.5) is 0 Å². The van der Waals surface area contributed by atoms with Gasteiger partial charge in [0.15, 0.2) is 6.20 Å². The standard InChI is InChI=1S/C33H32NO/c1-21-16-17-29-28-14-8-13-27(32(28)35-33(29)31(21)30-15-5-6-20-34(30)2)26-19-18-23(22-9-3-4-10-22)24-11-7-12-25(24)26/h5-6,8,13-20,22H,3-4,7,9-12H2,1-2H3/q+1. The van der Waals surface area contributed by atoms with Gasteiger partial charge in [0, 0.05) is 28.5 Å². The minimum atomic E-state index is 0.773. The van der Waals surface area contributed by atoms with Crippen molar-refractivity contribution in [1.29, 1.82) is 0 Å². The number of hydrogen-bond acceptors (Lipinski definition) is 1. The van der Waals surface area contributed by atoms with Gasteiger partial charge in [0.05, 0.1) is 5.56 Å². The van der Waals surface area contributed by atoms with E-state index in [1.807, 2.05) is 0 Å². The van der Waals surface area contributed by atoms with E-state index in [2.05, 4.69) is 85.4 Å². The molecule has 2 heteroatoms. The minimum Gasteiger partial charge on any atom is -0.454 e. The number of rotatable bonds is 3. The molecule has 174 valence electrons. The second-order valence-electron chi connectivity index (χ2n) is 10.6. The van der Waals surface area contributed by atoms with Crippen molar-refractivity contribution in [3.8, 4) is 22.4 Å². The van der Waals surface area contributed by atoms with Crippen molar-refractivity contribution in [3.63, 3.8) is 0 Å². The maximum atomic E-state index is 6.84. The molecule has 0 N–H and O–H groups in total. The SMILES string of the molecule is Cc1ccc2c(oc3c(-c4ccc(C5CCCC5)c5c4CCC5)cccc32)c1-c1cccc[n+]1C. The molecule has 0 unspecified atom stereocenters. The highest BCUT2D eigenvalue weighted by atomic mass is 16.3. The van der Waals surface area contributed by atoms with Gasteiger partial charge in [-0.1, -0.05) is 55.3 Å². The van der Waals surface area contributed by atoms with Gasteiger partial charge >= 0.3 is 0 Å². The molecule has 0 saturated heterocycles. The zero-order chi connectivity index (χ0) is 23.5. The molecule has 1 saturated carbocycles. The summed E-state index contributed by atoms with van der Waals surface area (Å²) in [4.78, 5) is 0. The Morgan fingerprint density at radius 3 is 2.43 bits per heavy atom. The Kier molecular flexibility index (Phi) is 4.84. The third kappa shape index (κ3) is 3.19. The largest absolute Gasteiger partial charge is 0.454 e. The fourth-order valence-corrected chi connectivity index (χ4v) is 6.88. The topological polar surface area (TPSA) is 17.0 Å². The summed E-state index contributed by atoms with van der Waals surface area (Å²) in [6.07, 6.45) is 11.3. The van der Waals surface area contributed by atoms with Gasteiger partial charge in [-0.2, -0.15) is 0 Å². The summed E-state index contributed by atoms with van der Waals surface area (Å²) in [5.41, 5.74) is 13.1. The van der Waals surface area contributed by atoms with Crippen molar-refractivity contribution in [2.24, 2.45) is 7.05 Å². The highest BCUT2D eigenvalue weighted by molar-refractivity contribution is 6.13. The summed E-state index contributed by atoms with van der Waals surface area (Å²) in [6, 6.07) is 22.4. The molecule has 2 heterocycles. The van der Waals surface area contributed by atoms with Crippen LogP contribution in [0, 0.1) is 6.92 Å². The van der Waals surface area contributed by atoms with Gasteiger partial charge in [0.25, 0.3) is 0 Å². The predicted octanol–water partition coefficient (Wildman–Crippen LogP) is 8.20. The van der Waals surface area contributed by atoms with Crippen LogP contribution >= 0.6 is 0 Å². The molecular weight excluding hydrogens is 426 g/mol. The van der Waals surface area contributed by atoms with Crippen LogP contribution in [-0.2, 0) is 19.9 Å². The molecule has 0 amide bonds. The summed E-state index contributed by atoms with van der Waals surface area (Å²) in [5.74, 6) is 0.773. The molecule has 2 aromatic heterocycles. The molecule has 2 aliphatic rings. The molecule has 0 spiro atoms. The molecule has 7 rings (SSSR count). The normalized spacial score (nSPS) is 15.9. The number of fused-ring (bicyclic) bond motifs is 4. The van der Waals surface area contributed by atoms with Crippen molar-refractivity contribution in [1.82, 2.24) is 0 Å². The summed E-state index contributed by atoms with van der Waals surface area (Å²) in [5, 5.41) is 2.41. The molecule has 0 bridgehead atoms. The first-order chi connectivity index (χ1) is 17.2. The summed E-state index contributed by atoms with van der Waals surface area (Å²) in [7, 11) is 2.11. The zero-order valence-corrected chi connectivity index (χ0v) is 20.7. The van der Waals surface area contributed by atoms with E-state index in [4.69, 9.17) is 4.42 Å². The number of aromatic nitrogens is 1. The van der Waals surface area contributed by atoms with E-state index < -0.39 is 0 Å². The third-order valence-electron chi connectivity index (χ3n) is 8.59. The third-order valence-corrected chi connectivity index (χ3v) is 8.59. The van der Waals surface area contributed by atoms with Crippen LogP contribution in [0.15, 0.2) is 71.3 Å². The Morgan fingerprint density at radius 1 is 0.743 bits per heavy atom. The average Bonchev–Trinajstić information content (AvgIpc) is 3.63. The van der Waals surface area contributed by atoms with Crippen LogP contribution in [0.25, 0.3) is 44.3 Å². The van der Waals surface area contributed by atoms with E-state index in [-0.39, 0.29) is 0 Å². The molecule has 3 aromatic carbocycles. The molecule has 2 nitrogen and oxygen atoms in total. The van der Waals surface area contributed by atoms with E-state index in [1.165, 1.54) is 83.7 Å². The van der Waals surface area contributed by atoms with E-state index >= 15 is 0 Å². The Labute approximate surface area is 207 Å². The number of pyridine rings is 1. The number of hydrogen-bond donors (Lipinski definition) is 0. The lowest BCUT2D eigenvalue weighted by atomic mass is 9.87. The van der Waals surface area contributed by atoms with Gasteiger partial charge in [0.1, 0.15) is 18.2 Å². The maximum Gasteiger partial charge on any atom is 0.216 e. The van der Waals surface area contributed by atoms with Gasteiger partial charge in [-0.05, 0) is 78.8 Å². The number of benzene rings is 3. The van der Waals surface area contributed by atoms with Crippen molar-refractivity contribution in [3.05, 3.63) is 89.1 Å². The molecule has 35 heavy (non-hydrogen) atoms. The van der Waals surface area contributed by atoms with Gasteiger partial charge in [-0.3, -0.25) is 0 Å². The molecule has 5 aromatic rings. The number of para-hydroxylation sites is 1. The van der Waals surface area contributed by atoms with E-state index in [9.17, 15) is 0 Å². The minimum absolute atomic E-state index is 0.773. The smallest absolute Gasteiger partial charge is 0.216 e. The highest BCUT2D eigenvalue weighted by Gasteiger charge is 2.27. The van der Waals surface area contributed by atoms with Gasteiger partial charge in [-0.15, -0.1) is 0 Å². The molecule has 1 fully saturated rings. The summed E-state index contributed by atoms with van der Waals surface area (Å²) >= 11 is 0. The van der Waals surface area contributed by atoms with Crippen molar-refractivity contribution < 1.29 is 8.98 Å². The van der Waals surface area contributed by atoms with Gasteiger partial charge in [0.2, 0.25) is 5.69 Å². The molecule has 0 radical (unpaired) electrons. The Morgan fingerprint density at radius 2 is 1.57 bits per heavy atom. The first-order valence-corrected chi connectivity index (χ1v) is 13.3. The van der Waals surface area contributed by atoms with Crippen molar-refractivity contribution in [2.45, 2.75) is 57.8 Å². The monoisotopic (exact) mass is 458 g/mol. The lowest BCUT2D eigenvalue weighted by Crippen LogP contribution is -2.30.